The van der Waals surface area contributed by atoms with Gasteiger partial charge >= 0.3 is 0 Å². The zero-order chi connectivity index (χ0) is 13.8. The van der Waals surface area contributed by atoms with Gasteiger partial charge in [-0.05, 0) is 19.3 Å². The number of hydrogen-bond donors (Lipinski definition) is 2. The average Bonchev–Trinajstić information content (AvgIpc) is 2.42. The molecule has 2 unspecified atom stereocenters. The van der Waals surface area contributed by atoms with Gasteiger partial charge < -0.3 is 14.9 Å². The first-order chi connectivity index (χ1) is 9.13. The van der Waals surface area contributed by atoms with Gasteiger partial charge in [0.15, 0.2) is 17.5 Å². The fourth-order valence-electron chi connectivity index (χ4n) is 2.21. The second-order valence-electron chi connectivity index (χ2n) is 4.51. The fraction of sp³-hybridized carbons (Fsp3) is 0.583. The smallest absolute Gasteiger partial charge is 0.252 e. The van der Waals surface area contributed by atoms with Crippen LogP contribution in [0.25, 0.3) is 0 Å². The summed E-state index contributed by atoms with van der Waals surface area (Å²) in [6, 6.07) is 0.703. The van der Waals surface area contributed by atoms with Gasteiger partial charge in [-0.2, -0.15) is 4.98 Å². The van der Waals surface area contributed by atoms with E-state index in [-0.39, 0.29) is 23.9 Å². The summed E-state index contributed by atoms with van der Waals surface area (Å²) in [6.07, 6.45) is 3.29. The number of nitrogens with two attached hydrogens (primary N) is 1. The first-order valence-electron chi connectivity index (χ1n) is 6.16. The Morgan fingerprint density at radius 1 is 1.32 bits per heavy atom. The Morgan fingerprint density at radius 3 is 2.74 bits per heavy atom. The van der Waals surface area contributed by atoms with Crippen LogP contribution in [0.2, 0.25) is 0 Å². The number of nitrogens with one attached hydrogen (secondary N) is 1. The lowest BCUT2D eigenvalue weighted by atomic mass is 9.95. The van der Waals surface area contributed by atoms with Crippen LogP contribution in [-0.4, -0.2) is 24.3 Å². The maximum Gasteiger partial charge on any atom is 0.252 e. The van der Waals surface area contributed by atoms with Crippen molar-refractivity contribution < 1.29 is 18.3 Å². The Bertz CT molecular complexity index is 445. The van der Waals surface area contributed by atoms with E-state index in [9.17, 15) is 8.78 Å². The Morgan fingerprint density at radius 2 is 2.05 bits per heavy atom. The SMILES string of the molecule is COC1CCCC(Oc2nc(NN)c(F)cc2F)C1. The highest BCUT2D eigenvalue weighted by Crippen LogP contribution is 2.27. The minimum Gasteiger partial charge on any atom is -0.472 e. The van der Waals surface area contributed by atoms with Gasteiger partial charge in [-0.25, -0.2) is 14.6 Å². The van der Waals surface area contributed by atoms with E-state index in [4.69, 9.17) is 15.3 Å². The standard InChI is InChI=1S/C12H17F2N3O2/c1-18-7-3-2-4-8(5-7)19-12-10(14)6-9(13)11(16-12)17-15/h6-8H,2-5,15H2,1H3,(H,16,17). The summed E-state index contributed by atoms with van der Waals surface area (Å²) in [4.78, 5) is 3.69. The predicted molar refractivity (Wildman–Crippen MR) is 65.6 cm³/mol. The first-order valence-corrected chi connectivity index (χ1v) is 6.16. The van der Waals surface area contributed by atoms with E-state index in [1.165, 1.54) is 0 Å². The number of hydrazine groups is 1. The number of anilines is 1. The van der Waals surface area contributed by atoms with Gasteiger partial charge in [0, 0.05) is 19.6 Å². The van der Waals surface area contributed by atoms with E-state index in [0.29, 0.717) is 12.5 Å². The molecule has 0 aliphatic heterocycles. The number of rotatable bonds is 4. The molecule has 2 rings (SSSR count). The van der Waals surface area contributed by atoms with E-state index < -0.39 is 11.6 Å². The van der Waals surface area contributed by atoms with Gasteiger partial charge in [0.25, 0.3) is 5.88 Å². The summed E-state index contributed by atoms with van der Waals surface area (Å²) < 4.78 is 37.5. The minimum atomic E-state index is -0.856. The molecule has 7 heteroatoms. The third kappa shape index (κ3) is 3.30. The molecule has 1 heterocycles. The molecule has 1 aliphatic carbocycles. The Kier molecular flexibility index (Phi) is 4.49. The van der Waals surface area contributed by atoms with Crippen LogP contribution in [-0.2, 0) is 4.74 Å². The molecule has 19 heavy (non-hydrogen) atoms. The maximum absolute atomic E-state index is 13.6. The van der Waals surface area contributed by atoms with E-state index in [2.05, 4.69) is 10.4 Å². The molecule has 106 valence electrons. The van der Waals surface area contributed by atoms with Gasteiger partial charge in [-0.1, -0.05) is 0 Å². The molecule has 0 aromatic carbocycles. The van der Waals surface area contributed by atoms with Crippen LogP contribution in [0.1, 0.15) is 25.7 Å². The van der Waals surface area contributed by atoms with Crippen LogP contribution >= 0.6 is 0 Å². The molecule has 0 amide bonds. The van der Waals surface area contributed by atoms with Gasteiger partial charge in [-0.3, -0.25) is 0 Å². The second-order valence-corrected chi connectivity index (χ2v) is 4.51. The van der Waals surface area contributed by atoms with Crippen molar-refractivity contribution in [2.45, 2.75) is 37.9 Å². The summed E-state index contributed by atoms with van der Waals surface area (Å²) in [6.45, 7) is 0. The lowest BCUT2D eigenvalue weighted by Gasteiger charge is -2.28. The van der Waals surface area contributed by atoms with Crippen molar-refractivity contribution in [3.05, 3.63) is 17.7 Å². The highest BCUT2D eigenvalue weighted by Gasteiger charge is 2.25. The van der Waals surface area contributed by atoms with Crippen LogP contribution in [0.15, 0.2) is 6.07 Å². The third-order valence-corrected chi connectivity index (χ3v) is 3.22. The molecule has 1 aromatic rings. The summed E-state index contributed by atoms with van der Waals surface area (Å²) in [5.41, 5.74) is 2.06. The lowest BCUT2D eigenvalue weighted by Crippen LogP contribution is -2.30. The quantitative estimate of drug-likeness (QED) is 0.648. The summed E-state index contributed by atoms with van der Waals surface area (Å²) in [7, 11) is 1.64. The first kappa shape index (κ1) is 14.0. The molecule has 1 aliphatic rings. The van der Waals surface area contributed by atoms with Crippen LogP contribution in [0.5, 0.6) is 5.88 Å². The monoisotopic (exact) mass is 273 g/mol. The number of pyridine rings is 1. The van der Waals surface area contributed by atoms with E-state index in [0.717, 1.165) is 19.3 Å². The molecular formula is C12H17F2N3O2. The van der Waals surface area contributed by atoms with Gasteiger partial charge in [0.05, 0.1) is 6.10 Å². The van der Waals surface area contributed by atoms with Crippen molar-refractivity contribution in [1.29, 1.82) is 0 Å². The van der Waals surface area contributed by atoms with Crippen LogP contribution in [0.3, 0.4) is 0 Å². The van der Waals surface area contributed by atoms with Gasteiger partial charge in [0.1, 0.15) is 6.10 Å². The summed E-state index contributed by atoms with van der Waals surface area (Å²) in [5, 5.41) is 0. The number of methoxy groups -OCH3 is 1. The molecule has 0 radical (unpaired) electrons. The van der Waals surface area contributed by atoms with Crippen molar-refractivity contribution >= 4 is 5.82 Å². The number of hydrogen-bond acceptors (Lipinski definition) is 5. The number of nitrogen functional groups attached to an aromatic ring is 1. The number of aromatic nitrogens is 1. The Balaban J connectivity index is 2.10. The zero-order valence-electron chi connectivity index (χ0n) is 10.7. The average molecular weight is 273 g/mol. The van der Waals surface area contributed by atoms with E-state index >= 15 is 0 Å². The van der Waals surface area contributed by atoms with Crippen LogP contribution < -0.4 is 16.0 Å². The molecule has 0 spiro atoms. The molecular weight excluding hydrogens is 256 g/mol. The predicted octanol–water partition coefficient (Wildman–Crippen LogP) is 1.98. The Labute approximate surface area is 110 Å². The molecule has 1 aromatic heterocycles. The zero-order valence-corrected chi connectivity index (χ0v) is 10.7. The molecule has 1 saturated carbocycles. The lowest BCUT2D eigenvalue weighted by molar-refractivity contribution is 0.0181. The van der Waals surface area contributed by atoms with Crippen LogP contribution in [0, 0.1) is 11.6 Å². The van der Waals surface area contributed by atoms with Crippen molar-refractivity contribution in [3.63, 3.8) is 0 Å². The van der Waals surface area contributed by atoms with Crippen molar-refractivity contribution in [3.8, 4) is 5.88 Å². The van der Waals surface area contributed by atoms with Crippen LogP contribution in [0.4, 0.5) is 14.6 Å². The number of ether oxygens (including phenoxy) is 2. The number of nitrogens with zero attached hydrogens (tertiary/aromatic N) is 1. The molecule has 0 saturated heterocycles. The second kappa shape index (κ2) is 6.12. The van der Waals surface area contributed by atoms with Gasteiger partial charge in [0.2, 0.25) is 0 Å². The van der Waals surface area contributed by atoms with E-state index in [1.807, 2.05) is 0 Å². The highest BCUT2D eigenvalue weighted by atomic mass is 19.1. The molecule has 3 N–H and O–H groups in total. The topological polar surface area (TPSA) is 69.4 Å². The highest BCUT2D eigenvalue weighted by molar-refractivity contribution is 5.38. The molecule has 5 nitrogen and oxygen atoms in total. The number of halogens is 2. The summed E-state index contributed by atoms with van der Waals surface area (Å²) >= 11 is 0. The Hall–Kier alpha value is -1.47. The van der Waals surface area contributed by atoms with E-state index in [1.54, 1.807) is 7.11 Å². The molecule has 2 atom stereocenters. The molecule has 1 fully saturated rings. The van der Waals surface area contributed by atoms with Crippen molar-refractivity contribution in [2.75, 3.05) is 12.5 Å². The van der Waals surface area contributed by atoms with Gasteiger partial charge in [-0.15, -0.1) is 0 Å². The fourth-order valence-corrected chi connectivity index (χ4v) is 2.21. The third-order valence-electron chi connectivity index (χ3n) is 3.22. The van der Waals surface area contributed by atoms with Crippen molar-refractivity contribution in [1.82, 2.24) is 4.98 Å². The largest absolute Gasteiger partial charge is 0.472 e. The van der Waals surface area contributed by atoms with Crippen molar-refractivity contribution in [2.24, 2.45) is 5.84 Å². The normalized spacial score (nSPS) is 23.2. The minimum absolute atomic E-state index is 0.106. The summed E-state index contributed by atoms with van der Waals surface area (Å²) in [5.74, 6) is 2.92. The maximum atomic E-state index is 13.6. The molecule has 0 bridgehead atoms.